The molecule has 4 heteroatoms. The number of hydrogen-bond donors (Lipinski definition) is 1. The number of rotatable bonds is 5. The molecule has 0 spiro atoms. The Morgan fingerprint density at radius 3 is 3.00 bits per heavy atom. The highest BCUT2D eigenvalue weighted by atomic mass is 127. The van der Waals surface area contributed by atoms with E-state index in [1.54, 1.807) is 0 Å². The van der Waals surface area contributed by atoms with Crippen molar-refractivity contribution >= 4 is 28.8 Å². The Balaban J connectivity index is 2.57. The predicted octanol–water partition coefficient (Wildman–Crippen LogP) is 2.95. The Morgan fingerprint density at radius 2 is 2.43 bits per heavy atom. The average Bonchev–Trinajstić information content (AvgIpc) is 2.17. The second-order valence-electron chi connectivity index (χ2n) is 3.24. The van der Waals surface area contributed by atoms with Crippen LogP contribution in [0.25, 0.3) is 0 Å². The number of aromatic nitrogens is 1. The van der Waals surface area contributed by atoms with Gasteiger partial charge < -0.3 is 8.38 Å². The highest BCUT2D eigenvalue weighted by Gasteiger charge is 2.06. The van der Waals surface area contributed by atoms with Crippen molar-refractivity contribution in [2.24, 2.45) is 0 Å². The molecule has 0 unspecified atom stereocenters. The minimum Gasteiger partial charge on any atom is -0.365 e. The van der Waals surface area contributed by atoms with E-state index in [4.69, 9.17) is 3.07 Å². The molecule has 0 aromatic carbocycles. The molecule has 1 heterocycles. The van der Waals surface area contributed by atoms with E-state index < -0.39 is 0 Å². The van der Waals surface area contributed by atoms with Gasteiger partial charge in [0.2, 0.25) is 0 Å². The van der Waals surface area contributed by atoms with Crippen molar-refractivity contribution in [3.8, 4) is 0 Å². The zero-order valence-electron chi connectivity index (χ0n) is 8.46. The maximum absolute atomic E-state index is 5.08. The second kappa shape index (κ2) is 6.19. The van der Waals surface area contributed by atoms with E-state index in [9.17, 15) is 0 Å². The van der Waals surface area contributed by atoms with E-state index in [2.05, 4.69) is 24.1 Å². The van der Waals surface area contributed by atoms with E-state index in [-0.39, 0.29) is 0 Å². The fourth-order valence-corrected chi connectivity index (χ4v) is 1.60. The molecule has 0 saturated carbocycles. The molecule has 1 N–H and O–H groups in total. The molecule has 78 valence electrons. The summed E-state index contributed by atoms with van der Waals surface area (Å²) < 4.78 is 5.08. The average molecular weight is 306 g/mol. The number of aryl methyl sites for hydroxylation is 1. The molecule has 3 nitrogen and oxygen atoms in total. The van der Waals surface area contributed by atoms with E-state index in [0.717, 1.165) is 12.2 Å². The molecular formula is C10H15IN2O. The Bertz CT molecular complexity index is 281. The highest BCUT2D eigenvalue weighted by Crippen LogP contribution is 2.09. The lowest BCUT2D eigenvalue weighted by molar-refractivity contribution is 0.386. The van der Waals surface area contributed by atoms with Gasteiger partial charge >= 0.3 is 0 Å². The number of nitrogens with zero attached hydrogens (tertiary/aromatic N) is 1. The van der Waals surface area contributed by atoms with Crippen LogP contribution in [0.1, 0.15) is 18.9 Å². The molecule has 14 heavy (non-hydrogen) atoms. The number of nitrogens with one attached hydrogen (secondary N) is 1. The molecule has 0 aliphatic heterocycles. The molecule has 1 aromatic rings. The van der Waals surface area contributed by atoms with Crippen LogP contribution in [-0.2, 0) is 3.07 Å². The number of hydrogen-bond acceptors (Lipinski definition) is 3. The molecule has 1 atom stereocenters. The van der Waals surface area contributed by atoms with Crippen molar-refractivity contribution in [1.29, 1.82) is 0 Å². The highest BCUT2D eigenvalue weighted by molar-refractivity contribution is 14.1. The third kappa shape index (κ3) is 3.79. The Kier molecular flexibility index (Phi) is 5.17. The largest absolute Gasteiger partial charge is 0.365 e. The summed E-state index contributed by atoms with van der Waals surface area (Å²) >= 11 is 1.91. The first-order chi connectivity index (χ1) is 6.76. The van der Waals surface area contributed by atoms with Crippen molar-refractivity contribution in [1.82, 2.24) is 4.98 Å². The zero-order valence-corrected chi connectivity index (χ0v) is 10.6. The van der Waals surface area contributed by atoms with Gasteiger partial charge in [-0.3, -0.25) is 0 Å². The zero-order chi connectivity index (χ0) is 10.4. The third-order valence-corrected chi connectivity index (χ3v) is 2.38. The van der Waals surface area contributed by atoms with Gasteiger partial charge in [-0.05, 0) is 31.0 Å². The summed E-state index contributed by atoms with van der Waals surface area (Å²) in [6, 6.07) is 4.36. The summed E-state index contributed by atoms with van der Waals surface area (Å²) in [5.41, 5.74) is 1.22. The summed E-state index contributed by atoms with van der Waals surface area (Å²) in [5, 5.41) is 3.33. The normalized spacial score (nSPS) is 12.5. The van der Waals surface area contributed by atoms with E-state index in [1.807, 2.05) is 41.3 Å². The Hall–Kier alpha value is -0.360. The van der Waals surface area contributed by atoms with Gasteiger partial charge in [0.15, 0.2) is 0 Å². The van der Waals surface area contributed by atoms with Crippen LogP contribution < -0.4 is 5.32 Å². The van der Waals surface area contributed by atoms with Gasteiger partial charge in [-0.2, -0.15) is 0 Å². The predicted molar refractivity (Wildman–Crippen MR) is 66.6 cm³/mol. The molecule has 0 amide bonds. The molecule has 0 saturated heterocycles. The SMILES string of the molecule is CC[C@@H](COI)Nc1cc(C)ccn1. The molecular weight excluding hydrogens is 291 g/mol. The standard InChI is InChI=1S/C10H15IN2O/c1-3-9(7-14-11)13-10-6-8(2)4-5-12-10/h4-6,9H,3,7H2,1-2H3,(H,12,13)/t9-/m0/s1. The molecule has 0 bridgehead atoms. The van der Waals surface area contributed by atoms with Crippen LogP contribution in [0.2, 0.25) is 0 Å². The smallest absolute Gasteiger partial charge is 0.126 e. The topological polar surface area (TPSA) is 34.1 Å². The second-order valence-corrected chi connectivity index (χ2v) is 3.87. The van der Waals surface area contributed by atoms with E-state index in [0.29, 0.717) is 12.6 Å². The number of anilines is 1. The van der Waals surface area contributed by atoms with Gasteiger partial charge in [-0.15, -0.1) is 0 Å². The van der Waals surface area contributed by atoms with E-state index in [1.165, 1.54) is 5.56 Å². The van der Waals surface area contributed by atoms with Gasteiger partial charge in [0.05, 0.1) is 12.6 Å². The lowest BCUT2D eigenvalue weighted by Crippen LogP contribution is -2.23. The Morgan fingerprint density at radius 1 is 1.64 bits per heavy atom. The van der Waals surface area contributed by atoms with Crippen LogP contribution in [0.4, 0.5) is 5.82 Å². The maximum atomic E-state index is 5.08. The van der Waals surface area contributed by atoms with Crippen molar-refractivity contribution in [3.05, 3.63) is 23.9 Å². The first-order valence-corrected chi connectivity index (χ1v) is 5.57. The van der Waals surface area contributed by atoms with Crippen molar-refractivity contribution in [2.45, 2.75) is 26.3 Å². The summed E-state index contributed by atoms with van der Waals surface area (Å²) in [6.45, 7) is 4.89. The van der Waals surface area contributed by atoms with Gasteiger partial charge in [0.25, 0.3) is 0 Å². The van der Waals surface area contributed by atoms with Gasteiger partial charge in [0, 0.05) is 6.20 Å². The van der Waals surface area contributed by atoms with Crippen LogP contribution in [0.15, 0.2) is 18.3 Å². The van der Waals surface area contributed by atoms with Crippen molar-refractivity contribution < 1.29 is 3.07 Å². The fourth-order valence-electron chi connectivity index (χ4n) is 1.16. The summed E-state index contributed by atoms with van der Waals surface area (Å²) in [4.78, 5) is 4.24. The first-order valence-electron chi connectivity index (χ1n) is 4.69. The summed E-state index contributed by atoms with van der Waals surface area (Å²) in [5.74, 6) is 0.922. The summed E-state index contributed by atoms with van der Waals surface area (Å²) in [6.07, 6.45) is 2.84. The molecule has 0 fully saturated rings. The van der Waals surface area contributed by atoms with Crippen LogP contribution >= 0.6 is 23.0 Å². The minimum absolute atomic E-state index is 0.334. The summed E-state index contributed by atoms with van der Waals surface area (Å²) in [7, 11) is 0. The van der Waals surface area contributed by atoms with Crippen LogP contribution in [0.3, 0.4) is 0 Å². The monoisotopic (exact) mass is 306 g/mol. The quantitative estimate of drug-likeness (QED) is 0.849. The molecule has 0 aliphatic carbocycles. The third-order valence-electron chi connectivity index (χ3n) is 2.02. The van der Waals surface area contributed by atoms with Gasteiger partial charge in [-0.1, -0.05) is 6.92 Å². The van der Waals surface area contributed by atoms with Crippen molar-refractivity contribution in [2.75, 3.05) is 11.9 Å². The van der Waals surface area contributed by atoms with Crippen LogP contribution in [0.5, 0.6) is 0 Å². The van der Waals surface area contributed by atoms with E-state index >= 15 is 0 Å². The Labute approximate surface area is 99.0 Å². The number of pyridine rings is 1. The van der Waals surface area contributed by atoms with Crippen LogP contribution in [0, 0.1) is 6.92 Å². The first kappa shape index (κ1) is 11.7. The lowest BCUT2D eigenvalue weighted by atomic mass is 10.2. The lowest BCUT2D eigenvalue weighted by Gasteiger charge is -2.15. The molecule has 1 rings (SSSR count). The van der Waals surface area contributed by atoms with Crippen molar-refractivity contribution in [3.63, 3.8) is 0 Å². The van der Waals surface area contributed by atoms with Gasteiger partial charge in [0.1, 0.15) is 28.8 Å². The fraction of sp³-hybridized carbons (Fsp3) is 0.500. The molecule has 0 aliphatic rings. The van der Waals surface area contributed by atoms with Crippen LogP contribution in [-0.4, -0.2) is 17.6 Å². The molecule has 1 aromatic heterocycles. The molecule has 0 radical (unpaired) electrons. The number of halogens is 1. The maximum Gasteiger partial charge on any atom is 0.126 e. The minimum atomic E-state index is 0.334. The van der Waals surface area contributed by atoms with Gasteiger partial charge in [-0.25, -0.2) is 4.98 Å².